The van der Waals surface area contributed by atoms with E-state index in [0.29, 0.717) is 5.41 Å². The summed E-state index contributed by atoms with van der Waals surface area (Å²) < 4.78 is 0. The quantitative estimate of drug-likeness (QED) is 0.592. The van der Waals surface area contributed by atoms with Crippen LogP contribution in [0.5, 0.6) is 0 Å². The molecule has 2 aliphatic rings. The van der Waals surface area contributed by atoms with Crippen molar-refractivity contribution in [3.05, 3.63) is 0 Å². The second-order valence-corrected chi connectivity index (χ2v) is 7.50. The molecule has 0 amide bonds. The molecule has 0 aromatic heterocycles. The Morgan fingerprint density at radius 1 is 1.12 bits per heavy atom. The van der Waals surface area contributed by atoms with Gasteiger partial charge in [-0.25, -0.2) is 0 Å². The molecule has 3 unspecified atom stereocenters. The first-order valence-electron chi connectivity index (χ1n) is 7.99. The Hall–Kier alpha value is 0. The third-order valence-electron chi connectivity index (χ3n) is 6.71. The van der Waals surface area contributed by atoms with Crippen LogP contribution in [0.15, 0.2) is 0 Å². The van der Waals surface area contributed by atoms with Gasteiger partial charge >= 0.3 is 0 Å². The van der Waals surface area contributed by atoms with E-state index in [4.69, 9.17) is 0 Å². The van der Waals surface area contributed by atoms with Gasteiger partial charge in [0.15, 0.2) is 0 Å². The Balaban J connectivity index is 2.14. The van der Waals surface area contributed by atoms with E-state index < -0.39 is 0 Å². The molecule has 0 heteroatoms. The topological polar surface area (TPSA) is 0 Å². The monoisotopic (exact) mass is 236 g/mol. The summed E-state index contributed by atoms with van der Waals surface area (Å²) in [5, 5.41) is 0. The van der Waals surface area contributed by atoms with Gasteiger partial charge in [-0.1, -0.05) is 47.5 Å². The highest BCUT2D eigenvalue weighted by atomic mass is 14.5. The maximum absolute atomic E-state index is 2.62. The van der Waals surface area contributed by atoms with Crippen molar-refractivity contribution < 1.29 is 0 Å². The molecule has 0 spiro atoms. The average Bonchev–Trinajstić information content (AvgIpc) is 2.32. The summed E-state index contributed by atoms with van der Waals surface area (Å²) in [5.41, 5.74) is 0.657. The highest BCUT2D eigenvalue weighted by Gasteiger charge is 2.48. The molecule has 17 heavy (non-hydrogen) atoms. The zero-order valence-electron chi connectivity index (χ0n) is 12.6. The van der Waals surface area contributed by atoms with Crippen LogP contribution in [0.4, 0.5) is 0 Å². The van der Waals surface area contributed by atoms with Crippen molar-refractivity contribution in [2.75, 3.05) is 0 Å². The lowest BCUT2D eigenvalue weighted by Crippen LogP contribution is -2.46. The van der Waals surface area contributed by atoms with Crippen molar-refractivity contribution in [1.82, 2.24) is 0 Å². The summed E-state index contributed by atoms with van der Waals surface area (Å²) in [5.74, 6) is 4.91. The van der Waals surface area contributed by atoms with Gasteiger partial charge in [0, 0.05) is 0 Å². The van der Waals surface area contributed by atoms with Crippen LogP contribution < -0.4 is 0 Å². The van der Waals surface area contributed by atoms with Crippen molar-refractivity contribution in [2.24, 2.45) is 35.0 Å². The van der Waals surface area contributed by atoms with E-state index in [-0.39, 0.29) is 0 Å². The molecule has 0 bridgehead atoms. The number of fused-ring (bicyclic) bond motifs is 1. The summed E-state index contributed by atoms with van der Waals surface area (Å²) >= 11 is 0. The second kappa shape index (κ2) is 4.94. The molecular weight excluding hydrogens is 204 g/mol. The zero-order valence-corrected chi connectivity index (χ0v) is 12.6. The van der Waals surface area contributed by atoms with E-state index in [2.05, 4.69) is 34.6 Å². The summed E-state index contributed by atoms with van der Waals surface area (Å²) in [6.45, 7) is 12.5. The van der Waals surface area contributed by atoms with E-state index in [1.54, 1.807) is 0 Å². The first-order chi connectivity index (χ1) is 7.99. The van der Waals surface area contributed by atoms with E-state index in [0.717, 1.165) is 29.6 Å². The first-order valence-corrected chi connectivity index (χ1v) is 7.99. The molecule has 0 saturated heterocycles. The maximum atomic E-state index is 2.62. The Morgan fingerprint density at radius 3 is 2.47 bits per heavy atom. The molecule has 0 aliphatic heterocycles. The lowest BCUT2D eigenvalue weighted by atomic mass is 9.50. The van der Waals surface area contributed by atoms with Gasteiger partial charge in [-0.05, 0) is 60.7 Å². The van der Waals surface area contributed by atoms with Crippen LogP contribution in [0.3, 0.4) is 0 Å². The van der Waals surface area contributed by atoms with Crippen LogP contribution in [0.2, 0.25) is 0 Å². The Kier molecular flexibility index (Phi) is 3.90. The van der Waals surface area contributed by atoms with Gasteiger partial charge in [0.1, 0.15) is 0 Å². The first kappa shape index (κ1) is 13.4. The minimum Gasteiger partial charge on any atom is -0.0651 e. The maximum Gasteiger partial charge on any atom is -0.0267 e. The van der Waals surface area contributed by atoms with Gasteiger partial charge in [0.05, 0.1) is 0 Å². The minimum absolute atomic E-state index is 0.657. The predicted octanol–water partition coefficient (Wildman–Crippen LogP) is 5.52. The molecule has 0 heterocycles. The van der Waals surface area contributed by atoms with Gasteiger partial charge in [-0.2, -0.15) is 0 Å². The third-order valence-corrected chi connectivity index (χ3v) is 6.71. The zero-order chi connectivity index (χ0) is 12.6. The standard InChI is InChI=1S/C17H32/c1-6-12(2)15-9-10-16-13(3)7-8-14(4)17(16,5)11-15/h12-16H,6-11H2,1-5H3/t12?,13?,14-,15-,16?,17+/m1/s1. The molecule has 6 atom stereocenters. The van der Waals surface area contributed by atoms with E-state index >= 15 is 0 Å². The summed E-state index contributed by atoms with van der Waals surface area (Å²) in [6.07, 6.45) is 8.85. The molecular formula is C17H32. The smallest absolute Gasteiger partial charge is 0.0267 e. The molecule has 2 aliphatic carbocycles. The Bertz CT molecular complexity index is 257. The van der Waals surface area contributed by atoms with Crippen LogP contribution in [-0.4, -0.2) is 0 Å². The molecule has 0 aromatic rings. The number of hydrogen-bond acceptors (Lipinski definition) is 0. The van der Waals surface area contributed by atoms with Gasteiger partial charge in [0.2, 0.25) is 0 Å². The second-order valence-electron chi connectivity index (χ2n) is 7.50. The van der Waals surface area contributed by atoms with Gasteiger partial charge in [-0.15, -0.1) is 0 Å². The van der Waals surface area contributed by atoms with Gasteiger partial charge in [0.25, 0.3) is 0 Å². The van der Waals surface area contributed by atoms with Crippen LogP contribution in [0, 0.1) is 35.0 Å². The highest BCUT2D eigenvalue weighted by Crippen LogP contribution is 2.57. The lowest BCUT2D eigenvalue weighted by Gasteiger charge is -2.55. The molecule has 0 radical (unpaired) electrons. The van der Waals surface area contributed by atoms with Gasteiger partial charge < -0.3 is 0 Å². The van der Waals surface area contributed by atoms with Crippen molar-refractivity contribution in [3.8, 4) is 0 Å². The lowest BCUT2D eigenvalue weighted by molar-refractivity contribution is -0.0539. The fourth-order valence-corrected chi connectivity index (χ4v) is 4.91. The molecule has 2 fully saturated rings. The SMILES string of the molecule is CCC(C)[C@@H]1CCC2C(C)CC[C@@H](C)[C@]2(C)C1. The molecule has 2 saturated carbocycles. The fraction of sp³-hybridized carbons (Fsp3) is 1.00. The fourth-order valence-electron chi connectivity index (χ4n) is 4.91. The Morgan fingerprint density at radius 2 is 1.82 bits per heavy atom. The normalized spacial score (nSPS) is 48.5. The molecule has 2 rings (SSSR count). The van der Waals surface area contributed by atoms with Crippen LogP contribution in [0.25, 0.3) is 0 Å². The minimum atomic E-state index is 0.657. The Labute approximate surface area is 109 Å². The third kappa shape index (κ3) is 2.29. The van der Waals surface area contributed by atoms with Crippen molar-refractivity contribution in [3.63, 3.8) is 0 Å². The van der Waals surface area contributed by atoms with Crippen molar-refractivity contribution in [1.29, 1.82) is 0 Å². The molecule has 0 aromatic carbocycles. The average molecular weight is 236 g/mol. The summed E-state index contributed by atoms with van der Waals surface area (Å²) in [4.78, 5) is 0. The number of rotatable bonds is 2. The largest absolute Gasteiger partial charge is 0.0651 e. The van der Waals surface area contributed by atoms with Crippen LogP contribution in [-0.2, 0) is 0 Å². The summed E-state index contributed by atoms with van der Waals surface area (Å²) in [7, 11) is 0. The van der Waals surface area contributed by atoms with E-state index in [1.165, 1.54) is 38.5 Å². The molecule has 100 valence electrons. The highest BCUT2D eigenvalue weighted by molar-refractivity contribution is 4.98. The van der Waals surface area contributed by atoms with E-state index in [1.807, 2.05) is 0 Å². The van der Waals surface area contributed by atoms with E-state index in [9.17, 15) is 0 Å². The molecule has 0 N–H and O–H groups in total. The van der Waals surface area contributed by atoms with Crippen molar-refractivity contribution in [2.45, 2.75) is 73.1 Å². The van der Waals surface area contributed by atoms with Crippen LogP contribution in [0.1, 0.15) is 73.1 Å². The molecule has 0 nitrogen and oxygen atoms in total. The van der Waals surface area contributed by atoms with Gasteiger partial charge in [-0.3, -0.25) is 0 Å². The summed E-state index contributed by atoms with van der Waals surface area (Å²) in [6, 6.07) is 0. The van der Waals surface area contributed by atoms with Crippen LogP contribution >= 0.6 is 0 Å². The van der Waals surface area contributed by atoms with Crippen molar-refractivity contribution >= 4 is 0 Å². The predicted molar refractivity (Wildman–Crippen MR) is 76.0 cm³/mol. The number of hydrogen-bond donors (Lipinski definition) is 0.